The van der Waals surface area contributed by atoms with Crippen molar-refractivity contribution >= 4 is 17.5 Å². The van der Waals surface area contributed by atoms with Crippen molar-refractivity contribution in [2.75, 3.05) is 23.7 Å². The predicted octanol–water partition coefficient (Wildman–Crippen LogP) is 1.43. The van der Waals surface area contributed by atoms with Crippen LogP contribution in [0.2, 0.25) is 0 Å². The van der Waals surface area contributed by atoms with Crippen LogP contribution in [0.25, 0.3) is 0 Å². The van der Waals surface area contributed by atoms with E-state index in [1.807, 2.05) is 26.4 Å². The number of nitrogens with one attached hydrogen (secondary N) is 3. The molecule has 1 aliphatic heterocycles. The molecule has 0 aliphatic carbocycles. The number of anilines is 3. The minimum absolute atomic E-state index is 0.536. The summed E-state index contributed by atoms with van der Waals surface area (Å²) in [5.74, 6) is 1.46. The van der Waals surface area contributed by atoms with Gasteiger partial charge in [0.25, 0.3) is 0 Å². The molecule has 3 heterocycles. The molecule has 1 saturated heterocycles. The van der Waals surface area contributed by atoms with Gasteiger partial charge >= 0.3 is 0 Å². The van der Waals surface area contributed by atoms with Crippen molar-refractivity contribution in [2.24, 2.45) is 7.05 Å². The number of hydrogen-bond acceptors (Lipinski definition) is 6. The molecule has 112 valence electrons. The van der Waals surface area contributed by atoms with Gasteiger partial charge in [-0.15, -0.1) is 0 Å². The maximum Gasteiger partial charge on any atom is 0.229 e. The Kier molecular flexibility index (Phi) is 4.01. The lowest BCUT2D eigenvalue weighted by molar-refractivity contribution is 0.632. The van der Waals surface area contributed by atoms with Crippen LogP contribution in [-0.2, 0) is 7.05 Å². The predicted molar refractivity (Wildman–Crippen MR) is 82.8 cm³/mol. The Bertz CT molecular complexity index is 601. The highest BCUT2D eigenvalue weighted by Crippen LogP contribution is 2.17. The summed E-state index contributed by atoms with van der Waals surface area (Å²) in [5.41, 5.74) is 1.93. The summed E-state index contributed by atoms with van der Waals surface area (Å²) in [4.78, 5) is 8.85. The highest BCUT2D eigenvalue weighted by atomic mass is 15.3. The molecule has 1 fully saturated rings. The zero-order chi connectivity index (χ0) is 14.7. The number of aromatic nitrogens is 4. The van der Waals surface area contributed by atoms with Gasteiger partial charge in [-0.2, -0.15) is 10.1 Å². The maximum absolute atomic E-state index is 4.54. The monoisotopic (exact) mass is 287 g/mol. The molecule has 7 nitrogen and oxygen atoms in total. The van der Waals surface area contributed by atoms with Crippen molar-refractivity contribution in [3.8, 4) is 0 Å². The molecule has 0 saturated carbocycles. The van der Waals surface area contributed by atoms with E-state index in [4.69, 9.17) is 0 Å². The molecule has 0 spiro atoms. The first-order chi connectivity index (χ1) is 10.2. The molecule has 0 aromatic carbocycles. The van der Waals surface area contributed by atoms with E-state index < -0.39 is 0 Å². The molecule has 1 atom stereocenters. The third-order valence-electron chi connectivity index (χ3n) is 3.61. The van der Waals surface area contributed by atoms with E-state index in [-0.39, 0.29) is 0 Å². The summed E-state index contributed by atoms with van der Waals surface area (Å²) in [7, 11) is 1.88. The van der Waals surface area contributed by atoms with Gasteiger partial charge < -0.3 is 16.0 Å². The minimum atomic E-state index is 0.536. The number of aryl methyl sites for hydroxylation is 2. The third kappa shape index (κ3) is 3.49. The van der Waals surface area contributed by atoms with Gasteiger partial charge in [0.15, 0.2) is 0 Å². The van der Waals surface area contributed by atoms with E-state index >= 15 is 0 Å². The molecular weight excluding hydrogens is 266 g/mol. The summed E-state index contributed by atoms with van der Waals surface area (Å²) in [6, 6.07) is 0.536. The third-order valence-corrected chi connectivity index (χ3v) is 3.61. The average Bonchev–Trinajstić information content (AvgIpc) is 3.11. The van der Waals surface area contributed by atoms with Gasteiger partial charge in [-0.05, 0) is 26.3 Å². The number of rotatable bonds is 5. The highest BCUT2D eigenvalue weighted by molar-refractivity contribution is 5.54. The second-order valence-electron chi connectivity index (χ2n) is 5.43. The van der Waals surface area contributed by atoms with Crippen LogP contribution >= 0.6 is 0 Å². The van der Waals surface area contributed by atoms with E-state index in [2.05, 4.69) is 31.0 Å². The fraction of sp³-hybridized carbons (Fsp3) is 0.500. The van der Waals surface area contributed by atoms with Crippen molar-refractivity contribution in [3.05, 3.63) is 24.2 Å². The second kappa shape index (κ2) is 6.09. The largest absolute Gasteiger partial charge is 0.368 e. The molecule has 2 aromatic heterocycles. The van der Waals surface area contributed by atoms with Crippen LogP contribution in [0.1, 0.15) is 18.4 Å². The smallest absolute Gasteiger partial charge is 0.229 e. The first-order valence-corrected chi connectivity index (χ1v) is 7.27. The van der Waals surface area contributed by atoms with Gasteiger partial charge in [-0.25, -0.2) is 4.98 Å². The standard InChI is InChI=1S/C14H21N7/c1-10-6-17-14(19-12-8-18-21(2)9-12)20-13(10)16-7-11-4-3-5-15-11/h6,8-9,11,15H,3-5,7H2,1-2H3,(H2,16,17,19,20)/t11-/m0/s1. The summed E-state index contributed by atoms with van der Waals surface area (Å²) >= 11 is 0. The topological polar surface area (TPSA) is 79.7 Å². The van der Waals surface area contributed by atoms with Crippen molar-refractivity contribution in [1.29, 1.82) is 0 Å². The van der Waals surface area contributed by atoms with Crippen molar-refractivity contribution < 1.29 is 0 Å². The lowest BCUT2D eigenvalue weighted by atomic mass is 10.2. The Morgan fingerprint density at radius 2 is 2.33 bits per heavy atom. The Balaban J connectivity index is 1.66. The zero-order valence-corrected chi connectivity index (χ0v) is 12.4. The lowest BCUT2D eigenvalue weighted by Crippen LogP contribution is -2.29. The second-order valence-corrected chi connectivity index (χ2v) is 5.43. The molecule has 0 unspecified atom stereocenters. The van der Waals surface area contributed by atoms with Gasteiger partial charge in [0.1, 0.15) is 5.82 Å². The molecule has 0 amide bonds. The number of nitrogens with zero attached hydrogens (tertiary/aromatic N) is 4. The summed E-state index contributed by atoms with van der Waals surface area (Å²) < 4.78 is 1.74. The first kappa shape index (κ1) is 13.8. The Morgan fingerprint density at radius 3 is 3.05 bits per heavy atom. The quantitative estimate of drug-likeness (QED) is 0.772. The molecule has 21 heavy (non-hydrogen) atoms. The molecule has 1 aliphatic rings. The van der Waals surface area contributed by atoms with E-state index in [0.29, 0.717) is 12.0 Å². The fourth-order valence-electron chi connectivity index (χ4n) is 2.45. The lowest BCUT2D eigenvalue weighted by Gasteiger charge is -2.14. The van der Waals surface area contributed by atoms with Crippen LogP contribution in [0.4, 0.5) is 17.5 Å². The van der Waals surface area contributed by atoms with Crippen molar-refractivity contribution in [2.45, 2.75) is 25.8 Å². The molecule has 0 radical (unpaired) electrons. The van der Waals surface area contributed by atoms with E-state index in [0.717, 1.165) is 30.2 Å². The van der Waals surface area contributed by atoms with Crippen molar-refractivity contribution in [3.63, 3.8) is 0 Å². The van der Waals surface area contributed by atoms with Gasteiger partial charge in [0, 0.05) is 37.6 Å². The van der Waals surface area contributed by atoms with Crippen LogP contribution in [0.3, 0.4) is 0 Å². The van der Waals surface area contributed by atoms with E-state index in [9.17, 15) is 0 Å². The van der Waals surface area contributed by atoms with Crippen LogP contribution < -0.4 is 16.0 Å². The SMILES string of the molecule is Cc1cnc(Nc2cnn(C)c2)nc1NC[C@@H]1CCCN1. The molecule has 3 rings (SSSR count). The van der Waals surface area contributed by atoms with E-state index in [1.54, 1.807) is 10.9 Å². The average molecular weight is 287 g/mol. The fourth-order valence-corrected chi connectivity index (χ4v) is 2.45. The van der Waals surface area contributed by atoms with Gasteiger partial charge in [-0.1, -0.05) is 0 Å². The Hall–Kier alpha value is -2.15. The Morgan fingerprint density at radius 1 is 1.43 bits per heavy atom. The van der Waals surface area contributed by atoms with Crippen LogP contribution in [0, 0.1) is 6.92 Å². The van der Waals surface area contributed by atoms with Crippen LogP contribution in [0.15, 0.2) is 18.6 Å². The molecular formula is C14H21N7. The summed E-state index contributed by atoms with van der Waals surface area (Å²) in [6.45, 7) is 4.02. The van der Waals surface area contributed by atoms with Crippen LogP contribution in [0.5, 0.6) is 0 Å². The summed E-state index contributed by atoms with van der Waals surface area (Å²) in [5, 5.41) is 14.2. The van der Waals surface area contributed by atoms with Gasteiger partial charge in [-0.3, -0.25) is 4.68 Å². The first-order valence-electron chi connectivity index (χ1n) is 7.27. The highest BCUT2D eigenvalue weighted by Gasteiger charge is 2.14. The van der Waals surface area contributed by atoms with E-state index in [1.165, 1.54) is 12.8 Å². The minimum Gasteiger partial charge on any atom is -0.368 e. The molecule has 2 aromatic rings. The Labute approximate surface area is 124 Å². The zero-order valence-electron chi connectivity index (χ0n) is 12.4. The maximum atomic E-state index is 4.54. The molecule has 3 N–H and O–H groups in total. The van der Waals surface area contributed by atoms with Crippen LogP contribution in [-0.4, -0.2) is 38.9 Å². The molecule has 7 heteroatoms. The van der Waals surface area contributed by atoms with Gasteiger partial charge in [0.2, 0.25) is 5.95 Å². The normalized spacial score (nSPS) is 17.9. The van der Waals surface area contributed by atoms with Gasteiger partial charge in [0.05, 0.1) is 11.9 Å². The van der Waals surface area contributed by atoms with Crippen molar-refractivity contribution in [1.82, 2.24) is 25.1 Å². The number of hydrogen-bond donors (Lipinski definition) is 3. The molecule has 0 bridgehead atoms. The summed E-state index contributed by atoms with van der Waals surface area (Å²) in [6.07, 6.45) is 7.94.